The van der Waals surface area contributed by atoms with Crippen molar-refractivity contribution in [1.82, 2.24) is 5.32 Å². The lowest BCUT2D eigenvalue weighted by Crippen LogP contribution is -2.30. The largest absolute Gasteiger partial charge is 0.459 e. The monoisotopic (exact) mass is 355 g/mol. The molecule has 0 aliphatic heterocycles. The lowest BCUT2D eigenvalue weighted by Gasteiger charge is -2.11. The van der Waals surface area contributed by atoms with Crippen LogP contribution in [0, 0.1) is 0 Å². The third-order valence-electron chi connectivity index (χ3n) is 3.52. The van der Waals surface area contributed by atoms with Crippen LogP contribution in [-0.2, 0) is 14.3 Å². The van der Waals surface area contributed by atoms with Gasteiger partial charge in [-0.15, -0.1) is 11.3 Å². The molecule has 0 aliphatic rings. The van der Waals surface area contributed by atoms with Crippen molar-refractivity contribution >= 4 is 40.3 Å². The highest BCUT2D eigenvalue weighted by atomic mass is 32.1. The van der Waals surface area contributed by atoms with E-state index >= 15 is 0 Å². The summed E-state index contributed by atoms with van der Waals surface area (Å²) >= 11 is 1.51. The van der Waals surface area contributed by atoms with E-state index < -0.39 is 5.97 Å². The van der Waals surface area contributed by atoms with Crippen molar-refractivity contribution in [3.63, 3.8) is 0 Å². The van der Waals surface area contributed by atoms with E-state index in [-0.39, 0.29) is 18.6 Å². The predicted molar refractivity (Wildman–Crippen MR) is 97.1 cm³/mol. The number of furan rings is 1. The molecule has 1 N–H and O–H groups in total. The number of hydrogen-bond donors (Lipinski definition) is 1. The van der Waals surface area contributed by atoms with Crippen LogP contribution in [0.15, 0.2) is 58.3 Å². The van der Waals surface area contributed by atoms with Crippen molar-refractivity contribution in [2.75, 3.05) is 6.61 Å². The highest BCUT2D eigenvalue weighted by Crippen LogP contribution is 2.23. The molecule has 1 aromatic carbocycles. The van der Waals surface area contributed by atoms with Gasteiger partial charge in [0.25, 0.3) is 5.91 Å². The molecule has 0 saturated heterocycles. The second kappa shape index (κ2) is 7.81. The molecule has 5 nitrogen and oxygen atoms in total. The molecule has 0 bridgehead atoms. The number of para-hydroxylation sites is 1. The van der Waals surface area contributed by atoms with Gasteiger partial charge in [-0.25, -0.2) is 4.79 Å². The van der Waals surface area contributed by atoms with Crippen LogP contribution in [0.4, 0.5) is 0 Å². The number of fused-ring (bicyclic) bond motifs is 1. The minimum absolute atomic E-state index is 0.319. The van der Waals surface area contributed by atoms with Crippen LogP contribution in [0.2, 0.25) is 0 Å². The Morgan fingerprint density at radius 3 is 2.88 bits per heavy atom. The van der Waals surface area contributed by atoms with E-state index in [1.807, 2.05) is 54.8 Å². The SMILES string of the molecule is C[C@@H](NC(=O)COC(=O)/C=C/c1cccs1)c1cc2ccccc2o1. The maximum absolute atomic E-state index is 11.9. The van der Waals surface area contributed by atoms with Crippen molar-refractivity contribution in [3.8, 4) is 0 Å². The summed E-state index contributed by atoms with van der Waals surface area (Å²) in [5.41, 5.74) is 0.767. The Bertz CT molecular complexity index is 862. The Labute approximate surface area is 148 Å². The van der Waals surface area contributed by atoms with Gasteiger partial charge in [-0.3, -0.25) is 4.79 Å². The average molecular weight is 355 g/mol. The summed E-state index contributed by atoms with van der Waals surface area (Å²) in [5.74, 6) is -0.288. The fourth-order valence-corrected chi connectivity index (χ4v) is 2.91. The third-order valence-corrected chi connectivity index (χ3v) is 4.36. The Morgan fingerprint density at radius 2 is 2.12 bits per heavy atom. The molecule has 6 heteroatoms. The number of rotatable bonds is 6. The first kappa shape index (κ1) is 17.0. The standard InChI is InChI=1S/C19H17NO4S/c1-13(17-11-14-5-2-3-7-16(14)24-17)20-18(21)12-23-19(22)9-8-15-6-4-10-25-15/h2-11,13H,12H2,1H3,(H,20,21)/b9-8+/t13-/m1/s1. The van der Waals surface area contributed by atoms with E-state index in [9.17, 15) is 9.59 Å². The zero-order chi connectivity index (χ0) is 17.6. The van der Waals surface area contributed by atoms with Crippen molar-refractivity contribution in [3.05, 3.63) is 64.6 Å². The second-order valence-corrected chi connectivity index (χ2v) is 6.41. The van der Waals surface area contributed by atoms with Crippen LogP contribution < -0.4 is 5.32 Å². The molecule has 1 atom stereocenters. The van der Waals surface area contributed by atoms with Crippen LogP contribution in [0.5, 0.6) is 0 Å². The lowest BCUT2D eigenvalue weighted by molar-refractivity contribution is -0.144. The highest BCUT2D eigenvalue weighted by Gasteiger charge is 2.15. The van der Waals surface area contributed by atoms with Crippen molar-refractivity contribution in [1.29, 1.82) is 0 Å². The summed E-state index contributed by atoms with van der Waals surface area (Å²) in [5, 5.41) is 5.64. The molecular formula is C19H17NO4S. The van der Waals surface area contributed by atoms with Crippen molar-refractivity contribution in [2.45, 2.75) is 13.0 Å². The summed E-state index contributed by atoms with van der Waals surface area (Å²) in [7, 11) is 0. The number of carbonyl (C=O) groups excluding carboxylic acids is 2. The molecule has 0 spiro atoms. The summed E-state index contributed by atoms with van der Waals surface area (Å²) in [4.78, 5) is 24.5. The van der Waals surface area contributed by atoms with Gasteiger partial charge in [-0.1, -0.05) is 24.3 Å². The molecule has 3 aromatic rings. The normalized spacial score (nSPS) is 12.4. The van der Waals surface area contributed by atoms with Gasteiger partial charge in [0, 0.05) is 16.3 Å². The van der Waals surface area contributed by atoms with E-state index in [4.69, 9.17) is 9.15 Å². The topological polar surface area (TPSA) is 68.5 Å². The number of ether oxygens (including phenoxy) is 1. The van der Waals surface area contributed by atoms with Gasteiger partial charge >= 0.3 is 5.97 Å². The molecule has 25 heavy (non-hydrogen) atoms. The van der Waals surface area contributed by atoms with Crippen LogP contribution in [0.3, 0.4) is 0 Å². The van der Waals surface area contributed by atoms with Gasteiger partial charge in [0.05, 0.1) is 6.04 Å². The van der Waals surface area contributed by atoms with Gasteiger partial charge < -0.3 is 14.5 Å². The summed E-state index contributed by atoms with van der Waals surface area (Å²) < 4.78 is 10.6. The van der Waals surface area contributed by atoms with E-state index in [0.29, 0.717) is 5.76 Å². The first-order valence-corrected chi connectivity index (χ1v) is 8.66. The van der Waals surface area contributed by atoms with Crippen LogP contribution in [0.25, 0.3) is 17.0 Å². The fraction of sp³-hybridized carbons (Fsp3) is 0.158. The predicted octanol–water partition coefficient (Wildman–Crippen LogP) is 3.93. The minimum atomic E-state index is -0.556. The van der Waals surface area contributed by atoms with Gasteiger partial charge in [-0.2, -0.15) is 0 Å². The smallest absolute Gasteiger partial charge is 0.331 e. The molecule has 3 rings (SSSR count). The number of amides is 1. The molecule has 0 saturated carbocycles. The maximum atomic E-state index is 11.9. The zero-order valence-corrected chi connectivity index (χ0v) is 14.4. The summed E-state index contributed by atoms with van der Waals surface area (Å²) in [6.45, 7) is 1.48. The average Bonchev–Trinajstić information content (AvgIpc) is 3.27. The molecule has 2 aromatic heterocycles. The Balaban J connectivity index is 1.49. The highest BCUT2D eigenvalue weighted by molar-refractivity contribution is 7.10. The second-order valence-electron chi connectivity index (χ2n) is 5.43. The number of thiophene rings is 1. The molecule has 0 radical (unpaired) electrons. The first-order chi connectivity index (χ1) is 12.1. The van der Waals surface area contributed by atoms with Gasteiger partial charge in [0.2, 0.25) is 0 Å². The van der Waals surface area contributed by atoms with E-state index in [1.165, 1.54) is 17.4 Å². The van der Waals surface area contributed by atoms with Crippen molar-refractivity contribution < 1.29 is 18.7 Å². The van der Waals surface area contributed by atoms with Gasteiger partial charge in [0.15, 0.2) is 6.61 Å². The van der Waals surface area contributed by atoms with E-state index in [0.717, 1.165) is 15.8 Å². The zero-order valence-electron chi connectivity index (χ0n) is 13.6. The summed E-state index contributed by atoms with van der Waals surface area (Å²) in [6, 6.07) is 13.0. The molecule has 128 valence electrons. The lowest BCUT2D eigenvalue weighted by atomic mass is 10.2. The molecular weight excluding hydrogens is 338 g/mol. The van der Waals surface area contributed by atoms with Gasteiger partial charge in [0.1, 0.15) is 11.3 Å². The summed E-state index contributed by atoms with van der Waals surface area (Å²) in [6.07, 6.45) is 2.96. The molecule has 2 heterocycles. The molecule has 1 amide bonds. The third kappa shape index (κ3) is 4.58. The fourth-order valence-electron chi connectivity index (χ4n) is 2.29. The molecule has 0 aliphatic carbocycles. The molecule has 0 unspecified atom stereocenters. The van der Waals surface area contributed by atoms with E-state index in [1.54, 1.807) is 6.08 Å². The maximum Gasteiger partial charge on any atom is 0.331 e. The first-order valence-electron chi connectivity index (χ1n) is 7.78. The number of esters is 1. The number of benzene rings is 1. The Morgan fingerprint density at radius 1 is 1.28 bits per heavy atom. The van der Waals surface area contributed by atoms with Crippen molar-refractivity contribution in [2.24, 2.45) is 0 Å². The number of nitrogens with one attached hydrogen (secondary N) is 1. The van der Waals surface area contributed by atoms with Crippen LogP contribution in [-0.4, -0.2) is 18.5 Å². The number of hydrogen-bond acceptors (Lipinski definition) is 5. The van der Waals surface area contributed by atoms with E-state index in [2.05, 4.69) is 5.32 Å². The molecule has 0 fully saturated rings. The quantitative estimate of drug-likeness (QED) is 0.537. The Kier molecular flexibility index (Phi) is 5.30. The van der Waals surface area contributed by atoms with Crippen LogP contribution >= 0.6 is 11.3 Å². The Hall–Kier alpha value is -2.86. The van der Waals surface area contributed by atoms with Gasteiger partial charge in [-0.05, 0) is 36.6 Å². The minimum Gasteiger partial charge on any atom is -0.459 e. The number of carbonyl (C=O) groups is 2. The van der Waals surface area contributed by atoms with Crippen LogP contribution in [0.1, 0.15) is 23.6 Å².